The number of hydrogen-bond acceptors (Lipinski definition) is 1. The molecule has 52 valence electrons. The molecule has 0 aliphatic rings. The van der Waals surface area contributed by atoms with Crippen LogP contribution in [0.1, 0.15) is 13.3 Å². The van der Waals surface area contributed by atoms with Gasteiger partial charge >= 0.3 is 0 Å². The van der Waals surface area contributed by atoms with Gasteiger partial charge in [0.15, 0.2) is 0 Å². The molecular weight excluding hydrogens is 144 g/mol. The van der Waals surface area contributed by atoms with Crippen molar-refractivity contribution in [2.45, 2.75) is 19.4 Å². The largest absolute Gasteiger partial charge is 0.152 e. The van der Waals surface area contributed by atoms with E-state index in [9.17, 15) is 0 Å². The van der Waals surface area contributed by atoms with Crippen molar-refractivity contribution < 1.29 is 0 Å². The van der Waals surface area contributed by atoms with Crippen molar-refractivity contribution in [1.29, 1.82) is 0 Å². The van der Waals surface area contributed by atoms with Gasteiger partial charge in [-0.05, 0) is 10.8 Å². The minimum Gasteiger partial charge on any atom is -0.152 e. The molecule has 0 saturated heterocycles. The number of hydrogen-bond donors (Lipinski definition) is 0. The number of rotatable bonds is 1. The lowest BCUT2D eigenvalue weighted by atomic mass is 10.6. The summed E-state index contributed by atoms with van der Waals surface area (Å²) >= 11 is 1.71. The van der Waals surface area contributed by atoms with E-state index >= 15 is 0 Å². The molecule has 0 radical (unpaired) electrons. The predicted molar refractivity (Wildman–Crippen MR) is 49.4 cm³/mol. The topological polar surface area (TPSA) is 0 Å². The first-order chi connectivity index (χ1) is 4.41. The third-order valence-electron chi connectivity index (χ3n) is 0.925. The van der Waals surface area contributed by atoms with E-state index in [1.54, 1.807) is 11.3 Å². The summed E-state index contributed by atoms with van der Waals surface area (Å²) in [5.74, 6) is 0. The van der Waals surface area contributed by atoms with E-state index < -0.39 is 0 Å². The third kappa shape index (κ3) is 7.92. The highest BCUT2D eigenvalue weighted by Crippen LogP contribution is 1.91. The standard InChI is InChI=1S/C4H4S.C3H10Si/c1-2-4-5-3-1;1-2-3-4/h1-4H;2-3H2,1,4H3. The maximum atomic E-state index is 2.22. The molecule has 0 fully saturated rings. The van der Waals surface area contributed by atoms with Gasteiger partial charge in [0.25, 0.3) is 0 Å². The molecule has 9 heavy (non-hydrogen) atoms. The zero-order valence-electron chi connectivity index (χ0n) is 6.13. The van der Waals surface area contributed by atoms with Crippen LogP contribution in [0.5, 0.6) is 0 Å². The Hall–Kier alpha value is -0.0831. The van der Waals surface area contributed by atoms with Crippen LogP contribution in [-0.2, 0) is 0 Å². The van der Waals surface area contributed by atoms with Gasteiger partial charge in [-0.2, -0.15) is 11.3 Å². The molecule has 1 rings (SSSR count). The summed E-state index contributed by atoms with van der Waals surface area (Å²) in [6.07, 6.45) is 1.38. The van der Waals surface area contributed by atoms with Crippen LogP contribution < -0.4 is 0 Å². The normalized spacial score (nSPS) is 8.11. The molecule has 0 atom stereocenters. The maximum absolute atomic E-state index is 2.22. The molecule has 1 aromatic heterocycles. The second-order valence-electron chi connectivity index (χ2n) is 1.79. The average molecular weight is 158 g/mol. The number of thiophene rings is 1. The Bertz CT molecular complexity index is 84.4. The van der Waals surface area contributed by atoms with Crippen molar-refractivity contribution in [2.75, 3.05) is 0 Å². The van der Waals surface area contributed by atoms with Gasteiger partial charge in [0.05, 0.1) is 0 Å². The first-order valence-electron chi connectivity index (χ1n) is 3.39. The monoisotopic (exact) mass is 158 g/mol. The average Bonchev–Trinajstić information content (AvgIpc) is 2.43. The highest BCUT2D eigenvalue weighted by atomic mass is 32.1. The lowest BCUT2D eigenvalue weighted by molar-refractivity contribution is 1.08. The summed E-state index contributed by atoms with van der Waals surface area (Å²) in [5, 5.41) is 4.08. The van der Waals surface area contributed by atoms with Crippen LogP contribution in [0.25, 0.3) is 0 Å². The second-order valence-corrected chi connectivity index (χ2v) is 3.61. The quantitative estimate of drug-likeness (QED) is 0.548. The maximum Gasteiger partial charge on any atom is 0.00278 e. The molecule has 1 heterocycles. The van der Waals surface area contributed by atoms with E-state index in [-0.39, 0.29) is 0 Å². The summed E-state index contributed by atoms with van der Waals surface area (Å²) < 4.78 is 0. The smallest absolute Gasteiger partial charge is 0.00278 e. The predicted octanol–water partition coefficient (Wildman–Crippen LogP) is 1.93. The van der Waals surface area contributed by atoms with Crippen LogP contribution in [0.2, 0.25) is 6.04 Å². The molecule has 0 aromatic carbocycles. The highest BCUT2D eigenvalue weighted by molar-refractivity contribution is 7.07. The molecule has 0 bridgehead atoms. The van der Waals surface area contributed by atoms with Crippen LogP contribution in [0, 0.1) is 0 Å². The molecular formula is C7H14SSi. The summed E-state index contributed by atoms with van der Waals surface area (Å²) in [6.45, 7) is 2.22. The molecule has 0 saturated carbocycles. The lowest BCUT2D eigenvalue weighted by Gasteiger charge is -1.67. The van der Waals surface area contributed by atoms with Gasteiger partial charge in [0.1, 0.15) is 0 Å². The van der Waals surface area contributed by atoms with Crippen molar-refractivity contribution in [3.63, 3.8) is 0 Å². The van der Waals surface area contributed by atoms with Crippen molar-refractivity contribution in [1.82, 2.24) is 0 Å². The Kier molecular flexibility index (Phi) is 7.84. The van der Waals surface area contributed by atoms with Crippen LogP contribution in [-0.4, -0.2) is 10.2 Å². The van der Waals surface area contributed by atoms with Crippen LogP contribution in [0.4, 0.5) is 0 Å². The first-order valence-corrected chi connectivity index (χ1v) is 5.74. The lowest BCUT2D eigenvalue weighted by Crippen LogP contribution is -1.55. The van der Waals surface area contributed by atoms with Gasteiger partial charge in [0.2, 0.25) is 0 Å². The minimum absolute atomic E-state index is 1.38. The SMILES string of the molecule is CCC[SiH3].c1ccsc1. The Balaban J connectivity index is 0.000000148. The zero-order valence-corrected chi connectivity index (χ0v) is 8.95. The van der Waals surface area contributed by atoms with Crippen molar-refractivity contribution in [3.05, 3.63) is 22.9 Å². The highest BCUT2D eigenvalue weighted by Gasteiger charge is 1.58. The molecule has 0 nitrogen and oxygen atoms in total. The molecule has 0 spiro atoms. The zero-order chi connectivity index (χ0) is 6.95. The second kappa shape index (κ2) is 7.92. The van der Waals surface area contributed by atoms with Crippen molar-refractivity contribution in [3.8, 4) is 0 Å². The van der Waals surface area contributed by atoms with E-state index in [2.05, 4.69) is 6.92 Å². The Morgan fingerprint density at radius 2 is 1.78 bits per heavy atom. The fourth-order valence-electron chi connectivity index (χ4n) is 0.227. The van der Waals surface area contributed by atoms with E-state index in [0.717, 1.165) is 0 Å². The summed E-state index contributed by atoms with van der Waals surface area (Å²) in [4.78, 5) is 0. The summed E-state index contributed by atoms with van der Waals surface area (Å²) in [5.41, 5.74) is 0. The molecule has 0 amide bonds. The molecule has 0 N–H and O–H groups in total. The summed E-state index contributed by atoms with van der Waals surface area (Å²) in [7, 11) is 1.39. The fraction of sp³-hybridized carbons (Fsp3) is 0.429. The Labute approximate surface area is 64.3 Å². The third-order valence-corrected chi connectivity index (χ3v) is 2.55. The van der Waals surface area contributed by atoms with Gasteiger partial charge in [-0.1, -0.05) is 31.5 Å². The van der Waals surface area contributed by atoms with Gasteiger partial charge in [0, 0.05) is 10.2 Å². The molecule has 1 aromatic rings. The van der Waals surface area contributed by atoms with Crippen LogP contribution in [0.15, 0.2) is 22.9 Å². The molecule has 0 unspecified atom stereocenters. The van der Waals surface area contributed by atoms with Crippen LogP contribution in [0.3, 0.4) is 0 Å². The fourth-order valence-corrected chi connectivity index (χ4v) is 0.680. The van der Waals surface area contributed by atoms with E-state index in [4.69, 9.17) is 0 Å². The summed E-state index contributed by atoms with van der Waals surface area (Å²) in [6, 6.07) is 5.50. The van der Waals surface area contributed by atoms with Gasteiger partial charge in [-0.3, -0.25) is 0 Å². The van der Waals surface area contributed by atoms with Crippen molar-refractivity contribution in [2.24, 2.45) is 0 Å². The van der Waals surface area contributed by atoms with E-state index in [1.807, 2.05) is 22.9 Å². The molecule has 0 aliphatic heterocycles. The van der Waals surface area contributed by atoms with Gasteiger partial charge in [-0.25, -0.2) is 0 Å². The first kappa shape index (κ1) is 8.92. The molecule has 2 heteroatoms. The van der Waals surface area contributed by atoms with Gasteiger partial charge < -0.3 is 0 Å². The van der Waals surface area contributed by atoms with E-state index in [0.29, 0.717) is 0 Å². The van der Waals surface area contributed by atoms with Crippen molar-refractivity contribution >= 4 is 21.6 Å². The van der Waals surface area contributed by atoms with Gasteiger partial charge in [-0.15, -0.1) is 0 Å². The Morgan fingerprint density at radius 3 is 1.89 bits per heavy atom. The molecule has 0 aliphatic carbocycles. The van der Waals surface area contributed by atoms with E-state index in [1.165, 1.54) is 22.7 Å². The van der Waals surface area contributed by atoms with Crippen LogP contribution >= 0.6 is 11.3 Å². The Morgan fingerprint density at radius 1 is 1.33 bits per heavy atom. The minimum atomic E-state index is 1.38.